The molecule has 0 fully saturated rings. The average molecular weight is 324 g/mol. The standard InChI is InChI=1S/C17H10ClN3O2/c18-12-3-6-14-15(8-12)20-16(21-17(14)23)11(9-19)7-10-1-4-13(22)5-2-10/h1-8,22H,(H,20,21,23)/b11-7+. The molecule has 0 aliphatic carbocycles. The van der Waals surface area contributed by atoms with Crippen molar-refractivity contribution < 1.29 is 5.11 Å². The van der Waals surface area contributed by atoms with Gasteiger partial charge in [-0.25, -0.2) is 4.98 Å². The number of phenols is 1. The van der Waals surface area contributed by atoms with Crippen LogP contribution in [-0.2, 0) is 0 Å². The first-order valence-electron chi connectivity index (χ1n) is 6.67. The summed E-state index contributed by atoms with van der Waals surface area (Å²) >= 11 is 5.93. The lowest BCUT2D eigenvalue weighted by Gasteiger charge is -2.03. The third kappa shape index (κ3) is 3.07. The SMILES string of the molecule is N#C/C(=C\c1ccc(O)cc1)c1nc2cc(Cl)ccc2c(=O)[nH]1. The summed E-state index contributed by atoms with van der Waals surface area (Å²) in [4.78, 5) is 19.0. The fourth-order valence-electron chi connectivity index (χ4n) is 2.13. The van der Waals surface area contributed by atoms with E-state index in [1.165, 1.54) is 12.1 Å². The smallest absolute Gasteiger partial charge is 0.259 e. The van der Waals surface area contributed by atoms with E-state index in [0.29, 0.717) is 21.5 Å². The summed E-state index contributed by atoms with van der Waals surface area (Å²) < 4.78 is 0. The molecule has 0 saturated heterocycles. The highest BCUT2D eigenvalue weighted by molar-refractivity contribution is 6.31. The summed E-state index contributed by atoms with van der Waals surface area (Å²) in [6.45, 7) is 0. The first kappa shape index (κ1) is 14.8. The van der Waals surface area contributed by atoms with Crippen molar-refractivity contribution in [2.75, 3.05) is 0 Å². The van der Waals surface area contributed by atoms with Gasteiger partial charge in [0.1, 0.15) is 11.8 Å². The van der Waals surface area contributed by atoms with Crippen LogP contribution in [0.25, 0.3) is 22.6 Å². The van der Waals surface area contributed by atoms with E-state index in [1.54, 1.807) is 36.4 Å². The molecule has 112 valence electrons. The van der Waals surface area contributed by atoms with E-state index in [-0.39, 0.29) is 22.7 Å². The van der Waals surface area contributed by atoms with Crippen LogP contribution in [0.5, 0.6) is 5.75 Å². The second-order valence-electron chi connectivity index (χ2n) is 4.84. The largest absolute Gasteiger partial charge is 0.508 e. The van der Waals surface area contributed by atoms with Crippen LogP contribution in [0.4, 0.5) is 0 Å². The number of aromatic hydroxyl groups is 1. The second kappa shape index (κ2) is 5.95. The molecular weight excluding hydrogens is 314 g/mol. The van der Waals surface area contributed by atoms with Gasteiger partial charge in [0.2, 0.25) is 0 Å². The fraction of sp³-hybridized carbons (Fsp3) is 0. The van der Waals surface area contributed by atoms with Crippen LogP contribution in [0, 0.1) is 11.3 Å². The average Bonchev–Trinajstić information content (AvgIpc) is 2.53. The summed E-state index contributed by atoms with van der Waals surface area (Å²) in [6.07, 6.45) is 1.58. The Kier molecular flexibility index (Phi) is 3.83. The van der Waals surface area contributed by atoms with Gasteiger partial charge in [0, 0.05) is 5.02 Å². The second-order valence-corrected chi connectivity index (χ2v) is 5.27. The minimum absolute atomic E-state index is 0.132. The third-order valence-corrected chi connectivity index (χ3v) is 3.48. The first-order chi connectivity index (χ1) is 11.1. The van der Waals surface area contributed by atoms with E-state index in [9.17, 15) is 15.2 Å². The number of nitrogens with one attached hydrogen (secondary N) is 1. The zero-order valence-corrected chi connectivity index (χ0v) is 12.5. The van der Waals surface area contributed by atoms with Gasteiger partial charge in [0.15, 0.2) is 5.82 Å². The number of rotatable bonds is 2. The van der Waals surface area contributed by atoms with Gasteiger partial charge in [-0.05, 0) is 42.0 Å². The quantitative estimate of drug-likeness (QED) is 0.708. The molecule has 23 heavy (non-hydrogen) atoms. The maximum absolute atomic E-state index is 12.1. The molecule has 0 radical (unpaired) electrons. The van der Waals surface area contributed by atoms with Crippen molar-refractivity contribution in [2.45, 2.75) is 0 Å². The lowest BCUT2D eigenvalue weighted by atomic mass is 10.1. The monoisotopic (exact) mass is 323 g/mol. The minimum atomic E-state index is -0.339. The van der Waals surface area contributed by atoms with Gasteiger partial charge >= 0.3 is 0 Å². The molecule has 3 rings (SSSR count). The Labute approximate surface area is 136 Å². The zero-order chi connectivity index (χ0) is 16.4. The molecule has 0 aliphatic rings. The van der Waals surface area contributed by atoms with Crippen LogP contribution in [0.2, 0.25) is 5.02 Å². The van der Waals surface area contributed by atoms with E-state index >= 15 is 0 Å². The minimum Gasteiger partial charge on any atom is -0.508 e. The Morgan fingerprint density at radius 3 is 2.70 bits per heavy atom. The Morgan fingerprint density at radius 2 is 2.00 bits per heavy atom. The predicted octanol–water partition coefficient (Wildman–Crippen LogP) is 3.35. The highest BCUT2D eigenvalue weighted by atomic mass is 35.5. The van der Waals surface area contributed by atoms with Gasteiger partial charge in [-0.1, -0.05) is 23.7 Å². The molecule has 0 amide bonds. The molecule has 0 spiro atoms. The molecule has 6 heteroatoms. The molecule has 1 heterocycles. The van der Waals surface area contributed by atoms with Gasteiger partial charge in [-0.15, -0.1) is 0 Å². The molecule has 3 aromatic rings. The summed E-state index contributed by atoms with van der Waals surface area (Å²) in [5, 5.41) is 19.5. The molecular formula is C17H10ClN3O2. The van der Waals surface area contributed by atoms with Crippen LogP contribution < -0.4 is 5.56 Å². The summed E-state index contributed by atoms with van der Waals surface area (Å²) in [5.41, 5.74) is 0.986. The maximum Gasteiger partial charge on any atom is 0.259 e. The van der Waals surface area contributed by atoms with Gasteiger partial charge in [-0.3, -0.25) is 4.79 Å². The highest BCUT2D eigenvalue weighted by Crippen LogP contribution is 2.19. The molecule has 0 aliphatic heterocycles. The molecule has 0 atom stereocenters. The highest BCUT2D eigenvalue weighted by Gasteiger charge is 2.09. The van der Waals surface area contributed by atoms with Crippen molar-refractivity contribution in [2.24, 2.45) is 0 Å². The number of H-pyrrole nitrogens is 1. The number of phenolic OH excluding ortho intramolecular Hbond substituents is 1. The van der Waals surface area contributed by atoms with E-state index in [1.807, 2.05) is 6.07 Å². The predicted molar refractivity (Wildman–Crippen MR) is 89.0 cm³/mol. The Morgan fingerprint density at radius 1 is 1.26 bits per heavy atom. The van der Waals surface area contributed by atoms with Crippen molar-refractivity contribution >= 4 is 34.2 Å². The van der Waals surface area contributed by atoms with Gasteiger partial charge < -0.3 is 10.1 Å². The molecule has 2 N–H and O–H groups in total. The van der Waals surface area contributed by atoms with Crippen LogP contribution in [0.15, 0.2) is 47.3 Å². The normalized spacial score (nSPS) is 11.4. The molecule has 0 bridgehead atoms. The number of hydrogen-bond acceptors (Lipinski definition) is 4. The van der Waals surface area contributed by atoms with Crippen molar-refractivity contribution in [1.82, 2.24) is 9.97 Å². The Balaban J connectivity index is 2.15. The van der Waals surface area contributed by atoms with E-state index < -0.39 is 0 Å². The van der Waals surface area contributed by atoms with Crippen molar-refractivity contribution in [3.05, 3.63) is 69.2 Å². The zero-order valence-electron chi connectivity index (χ0n) is 11.7. The number of benzene rings is 2. The van der Waals surface area contributed by atoms with E-state index in [4.69, 9.17) is 11.6 Å². The number of nitriles is 1. The van der Waals surface area contributed by atoms with E-state index in [0.717, 1.165) is 0 Å². The topological polar surface area (TPSA) is 89.8 Å². The number of aromatic amines is 1. The lowest BCUT2D eigenvalue weighted by molar-refractivity contribution is 0.475. The molecule has 2 aromatic carbocycles. The molecule has 5 nitrogen and oxygen atoms in total. The van der Waals surface area contributed by atoms with E-state index in [2.05, 4.69) is 9.97 Å². The van der Waals surface area contributed by atoms with Crippen LogP contribution in [0.1, 0.15) is 11.4 Å². The maximum atomic E-state index is 12.1. The molecule has 0 unspecified atom stereocenters. The number of halogens is 1. The van der Waals surface area contributed by atoms with Gasteiger partial charge in [0.05, 0.1) is 16.5 Å². The van der Waals surface area contributed by atoms with Gasteiger partial charge in [-0.2, -0.15) is 5.26 Å². The number of nitrogens with zero attached hydrogens (tertiary/aromatic N) is 2. The number of fused-ring (bicyclic) bond motifs is 1. The lowest BCUT2D eigenvalue weighted by Crippen LogP contribution is -2.11. The summed E-state index contributed by atoms with van der Waals surface area (Å²) in [5.74, 6) is 0.299. The number of hydrogen-bond donors (Lipinski definition) is 2. The van der Waals surface area contributed by atoms with Crippen LogP contribution >= 0.6 is 11.6 Å². The fourth-order valence-corrected chi connectivity index (χ4v) is 2.30. The first-order valence-corrected chi connectivity index (χ1v) is 7.05. The van der Waals surface area contributed by atoms with Crippen LogP contribution in [-0.4, -0.2) is 15.1 Å². The van der Waals surface area contributed by atoms with Crippen molar-refractivity contribution in [1.29, 1.82) is 5.26 Å². The van der Waals surface area contributed by atoms with Gasteiger partial charge in [0.25, 0.3) is 5.56 Å². The molecule has 1 aromatic heterocycles. The number of aromatic nitrogens is 2. The van der Waals surface area contributed by atoms with Crippen LogP contribution in [0.3, 0.4) is 0 Å². The molecule has 0 saturated carbocycles. The summed E-state index contributed by atoms with van der Waals surface area (Å²) in [6, 6.07) is 13.1. The third-order valence-electron chi connectivity index (χ3n) is 3.25. The Bertz CT molecular complexity index is 1010. The Hall–Kier alpha value is -3.10. The van der Waals surface area contributed by atoms with Crippen molar-refractivity contribution in [3.63, 3.8) is 0 Å². The number of allylic oxidation sites excluding steroid dienone is 1. The van der Waals surface area contributed by atoms with Crippen molar-refractivity contribution in [3.8, 4) is 11.8 Å². The summed E-state index contributed by atoms with van der Waals surface area (Å²) in [7, 11) is 0.